The van der Waals surface area contributed by atoms with Gasteiger partial charge in [0, 0.05) is 20.2 Å². The van der Waals surface area contributed by atoms with Crippen molar-refractivity contribution in [3.05, 3.63) is 23.8 Å². The van der Waals surface area contributed by atoms with Crippen LogP contribution in [0.5, 0.6) is 11.5 Å². The second kappa shape index (κ2) is 9.62. The average molecular weight is 310 g/mol. The molecular weight excluding hydrogens is 288 g/mol. The van der Waals surface area contributed by atoms with Gasteiger partial charge in [0.1, 0.15) is 0 Å². The van der Waals surface area contributed by atoms with Gasteiger partial charge in [-0.2, -0.15) is 0 Å². The molecule has 0 saturated carbocycles. The molecule has 0 aliphatic carbocycles. The highest BCUT2D eigenvalue weighted by Crippen LogP contribution is 2.27. The van der Waals surface area contributed by atoms with Gasteiger partial charge in [-0.3, -0.25) is 9.59 Å². The quantitative estimate of drug-likeness (QED) is 0.526. The first-order valence-electron chi connectivity index (χ1n) is 6.88. The second-order valence-corrected chi connectivity index (χ2v) is 4.44. The minimum atomic E-state index is -0.663. The highest BCUT2D eigenvalue weighted by Gasteiger charge is 2.12. The molecule has 0 atom stereocenters. The van der Waals surface area contributed by atoms with Crippen LogP contribution < -0.4 is 20.1 Å². The maximum absolute atomic E-state index is 11.5. The van der Waals surface area contributed by atoms with E-state index in [1.54, 1.807) is 20.3 Å². The molecule has 0 aromatic heterocycles. The van der Waals surface area contributed by atoms with Gasteiger partial charge < -0.3 is 24.8 Å². The number of carbonyl (C=O) groups excluding carboxylic acids is 2. The van der Waals surface area contributed by atoms with E-state index in [2.05, 4.69) is 10.6 Å². The van der Waals surface area contributed by atoms with Crippen molar-refractivity contribution in [1.82, 2.24) is 10.6 Å². The van der Waals surface area contributed by atoms with Crippen molar-refractivity contribution in [3.8, 4) is 11.5 Å². The number of rotatable bonds is 8. The van der Waals surface area contributed by atoms with E-state index in [-0.39, 0.29) is 0 Å². The molecule has 2 amide bonds. The lowest BCUT2D eigenvalue weighted by Gasteiger charge is -2.10. The first-order valence-corrected chi connectivity index (χ1v) is 6.88. The summed E-state index contributed by atoms with van der Waals surface area (Å²) in [7, 11) is 4.66. The van der Waals surface area contributed by atoms with E-state index < -0.39 is 11.8 Å². The maximum atomic E-state index is 11.5. The summed E-state index contributed by atoms with van der Waals surface area (Å²) in [5.74, 6) is -0.0441. The Labute approximate surface area is 129 Å². The van der Waals surface area contributed by atoms with Crippen molar-refractivity contribution in [2.75, 3.05) is 41.0 Å². The lowest BCUT2D eigenvalue weighted by atomic mass is 10.1. The molecule has 0 saturated heterocycles. The van der Waals surface area contributed by atoms with Crippen LogP contribution in [0, 0.1) is 0 Å². The summed E-state index contributed by atoms with van der Waals surface area (Å²) in [6.07, 6.45) is 0.581. The lowest BCUT2D eigenvalue weighted by molar-refractivity contribution is -0.139. The van der Waals surface area contributed by atoms with Gasteiger partial charge in [-0.15, -0.1) is 0 Å². The predicted molar refractivity (Wildman–Crippen MR) is 81.1 cm³/mol. The fourth-order valence-corrected chi connectivity index (χ4v) is 1.78. The third-order valence-corrected chi connectivity index (χ3v) is 2.95. The van der Waals surface area contributed by atoms with Crippen LogP contribution in [-0.2, 0) is 20.7 Å². The van der Waals surface area contributed by atoms with Gasteiger partial charge in [-0.1, -0.05) is 6.07 Å². The van der Waals surface area contributed by atoms with Crippen LogP contribution in [0.25, 0.3) is 0 Å². The summed E-state index contributed by atoms with van der Waals surface area (Å²) in [5.41, 5.74) is 0.970. The SMILES string of the molecule is COCCNC(=O)C(=O)NCCc1ccc(OC)c(OC)c1. The number of methoxy groups -OCH3 is 3. The van der Waals surface area contributed by atoms with Crippen LogP contribution in [0.4, 0.5) is 0 Å². The van der Waals surface area contributed by atoms with E-state index in [1.807, 2.05) is 12.1 Å². The Kier molecular flexibility index (Phi) is 7.77. The minimum Gasteiger partial charge on any atom is -0.493 e. The normalized spacial score (nSPS) is 9.95. The van der Waals surface area contributed by atoms with Crippen LogP contribution in [0.3, 0.4) is 0 Å². The first-order chi connectivity index (χ1) is 10.6. The summed E-state index contributed by atoms with van der Waals surface area (Å²) >= 11 is 0. The number of carbonyl (C=O) groups is 2. The van der Waals surface area contributed by atoms with Crippen LogP contribution in [0.15, 0.2) is 18.2 Å². The third kappa shape index (κ3) is 5.61. The maximum Gasteiger partial charge on any atom is 0.309 e. The number of benzene rings is 1. The number of ether oxygens (including phenoxy) is 3. The molecule has 1 rings (SSSR count). The summed E-state index contributed by atoms with van der Waals surface area (Å²) < 4.78 is 15.1. The molecule has 0 fully saturated rings. The highest BCUT2D eigenvalue weighted by atomic mass is 16.5. The van der Waals surface area contributed by atoms with Crippen LogP contribution in [-0.4, -0.2) is 52.8 Å². The first kappa shape index (κ1) is 17.8. The zero-order valence-electron chi connectivity index (χ0n) is 13.1. The fraction of sp³-hybridized carbons (Fsp3) is 0.467. The van der Waals surface area contributed by atoms with Gasteiger partial charge >= 0.3 is 11.8 Å². The second-order valence-electron chi connectivity index (χ2n) is 4.44. The minimum absolute atomic E-state index is 0.304. The van der Waals surface area contributed by atoms with Gasteiger partial charge in [0.05, 0.1) is 20.8 Å². The van der Waals surface area contributed by atoms with Crippen LogP contribution >= 0.6 is 0 Å². The van der Waals surface area contributed by atoms with E-state index in [0.29, 0.717) is 37.6 Å². The van der Waals surface area contributed by atoms with Crippen molar-refractivity contribution in [2.45, 2.75) is 6.42 Å². The van der Waals surface area contributed by atoms with Crippen molar-refractivity contribution in [2.24, 2.45) is 0 Å². The average Bonchev–Trinajstić information content (AvgIpc) is 2.54. The highest BCUT2D eigenvalue weighted by molar-refractivity contribution is 6.35. The molecule has 0 bridgehead atoms. The fourth-order valence-electron chi connectivity index (χ4n) is 1.78. The molecule has 2 N–H and O–H groups in total. The monoisotopic (exact) mass is 310 g/mol. The molecule has 0 unspecified atom stereocenters. The Morgan fingerprint density at radius 1 is 0.955 bits per heavy atom. The number of hydrogen-bond donors (Lipinski definition) is 2. The molecule has 0 aliphatic rings. The number of nitrogens with one attached hydrogen (secondary N) is 2. The Bertz CT molecular complexity index is 505. The molecule has 122 valence electrons. The van der Waals surface area contributed by atoms with Gasteiger partial charge in [0.25, 0.3) is 0 Å². The molecule has 7 nitrogen and oxygen atoms in total. The Morgan fingerprint density at radius 2 is 1.59 bits per heavy atom. The molecule has 0 spiro atoms. The Morgan fingerprint density at radius 3 is 2.18 bits per heavy atom. The zero-order valence-corrected chi connectivity index (χ0v) is 13.1. The number of hydrogen-bond acceptors (Lipinski definition) is 5. The topological polar surface area (TPSA) is 85.9 Å². The Balaban J connectivity index is 2.40. The number of amides is 2. The standard InChI is InChI=1S/C15H22N2O5/c1-20-9-8-17-15(19)14(18)16-7-6-11-4-5-12(21-2)13(10-11)22-3/h4-5,10H,6-9H2,1-3H3,(H,16,18)(H,17,19). The van der Waals surface area contributed by atoms with Crippen molar-refractivity contribution < 1.29 is 23.8 Å². The van der Waals surface area contributed by atoms with Crippen molar-refractivity contribution >= 4 is 11.8 Å². The molecular formula is C15H22N2O5. The summed E-state index contributed by atoms with van der Waals surface area (Å²) in [6, 6.07) is 5.52. The van der Waals surface area contributed by atoms with E-state index >= 15 is 0 Å². The molecule has 22 heavy (non-hydrogen) atoms. The lowest BCUT2D eigenvalue weighted by Crippen LogP contribution is -2.41. The summed E-state index contributed by atoms with van der Waals surface area (Å²) in [4.78, 5) is 23.0. The van der Waals surface area contributed by atoms with E-state index in [0.717, 1.165) is 5.56 Å². The van der Waals surface area contributed by atoms with Crippen molar-refractivity contribution in [3.63, 3.8) is 0 Å². The van der Waals surface area contributed by atoms with Gasteiger partial charge in [-0.25, -0.2) is 0 Å². The predicted octanol–water partition coefficient (Wildman–Crippen LogP) is 0.125. The Hall–Kier alpha value is -2.28. The van der Waals surface area contributed by atoms with Gasteiger partial charge in [0.2, 0.25) is 0 Å². The molecule has 0 aliphatic heterocycles. The molecule has 0 radical (unpaired) electrons. The van der Waals surface area contributed by atoms with Crippen LogP contribution in [0.2, 0.25) is 0 Å². The van der Waals surface area contributed by atoms with E-state index in [4.69, 9.17) is 14.2 Å². The largest absolute Gasteiger partial charge is 0.493 e. The van der Waals surface area contributed by atoms with Crippen LogP contribution in [0.1, 0.15) is 5.56 Å². The molecule has 1 aromatic carbocycles. The van der Waals surface area contributed by atoms with Gasteiger partial charge in [-0.05, 0) is 24.1 Å². The molecule has 7 heteroatoms. The summed E-state index contributed by atoms with van der Waals surface area (Å²) in [6.45, 7) is 1.02. The van der Waals surface area contributed by atoms with E-state index in [9.17, 15) is 9.59 Å². The van der Waals surface area contributed by atoms with E-state index in [1.165, 1.54) is 7.11 Å². The molecule has 0 heterocycles. The third-order valence-electron chi connectivity index (χ3n) is 2.95. The van der Waals surface area contributed by atoms with Gasteiger partial charge in [0.15, 0.2) is 11.5 Å². The molecule has 1 aromatic rings. The zero-order chi connectivity index (χ0) is 16.4. The van der Waals surface area contributed by atoms with Crippen molar-refractivity contribution in [1.29, 1.82) is 0 Å². The summed E-state index contributed by atoms with van der Waals surface area (Å²) in [5, 5.41) is 5.01. The smallest absolute Gasteiger partial charge is 0.309 e.